The highest BCUT2D eigenvalue weighted by molar-refractivity contribution is 6.62. The monoisotopic (exact) mass is 322 g/mol. The molecule has 2 heterocycles. The Labute approximate surface area is 137 Å². The average Bonchev–Trinajstić information content (AvgIpc) is 2.68. The van der Waals surface area contributed by atoms with E-state index >= 15 is 0 Å². The first-order chi connectivity index (χ1) is 10.8. The highest BCUT2D eigenvalue weighted by Gasteiger charge is 2.52. The SMILES string of the molecule is CC1(C)OB(c2ccc(OC3CCCOC3)cc2F)OC1(C)C. The van der Waals surface area contributed by atoms with Crippen LogP contribution in [0.2, 0.25) is 0 Å². The summed E-state index contributed by atoms with van der Waals surface area (Å²) in [5, 5.41) is 0. The molecule has 0 aromatic heterocycles. The molecule has 0 bridgehead atoms. The molecule has 2 aliphatic rings. The van der Waals surface area contributed by atoms with Gasteiger partial charge in [0.1, 0.15) is 17.7 Å². The molecule has 1 aromatic carbocycles. The predicted molar refractivity (Wildman–Crippen MR) is 86.6 cm³/mol. The third-order valence-electron chi connectivity index (χ3n) is 4.90. The Morgan fingerprint density at radius 3 is 2.43 bits per heavy atom. The van der Waals surface area contributed by atoms with E-state index in [0.29, 0.717) is 17.8 Å². The van der Waals surface area contributed by atoms with Gasteiger partial charge < -0.3 is 18.8 Å². The van der Waals surface area contributed by atoms with E-state index < -0.39 is 18.3 Å². The van der Waals surface area contributed by atoms with E-state index in [1.54, 1.807) is 12.1 Å². The highest BCUT2D eigenvalue weighted by Crippen LogP contribution is 2.36. The van der Waals surface area contributed by atoms with Crippen LogP contribution in [0, 0.1) is 5.82 Å². The number of benzene rings is 1. The molecular formula is C17H24BFO4. The van der Waals surface area contributed by atoms with Crippen LogP contribution >= 0.6 is 0 Å². The third-order valence-corrected chi connectivity index (χ3v) is 4.90. The quantitative estimate of drug-likeness (QED) is 0.802. The topological polar surface area (TPSA) is 36.9 Å². The average molecular weight is 322 g/mol. The van der Waals surface area contributed by atoms with E-state index in [9.17, 15) is 4.39 Å². The van der Waals surface area contributed by atoms with Crippen molar-refractivity contribution >= 4 is 12.6 Å². The summed E-state index contributed by atoms with van der Waals surface area (Å²) in [6.07, 6.45) is 1.89. The van der Waals surface area contributed by atoms with Gasteiger partial charge in [-0.1, -0.05) is 6.07 Å². The summed E-state index contributed by atoms with van der Waals surface area (Å²) >= 11 is 0. The molecule has 0 N–H and O–H groups in total. The largest absolute Gasteiger partial charge is 0.497 e. The summed E-state index contributed by atoms with van der Waals surface area (Å²) in [4.78, 5) is 0. The zero-order valence-electron chi connectivity index (χ0n) is 14.2. The molecule has 0 radical (unpaired) electrons. The van der Waals surface area contributed by atoms with Crippen molar-refractivity contribution < 1.29 is 23.2 Å². The van der Waals surface area contributed by atoms with Gasteiger partial charge in [0, 0.05) is 18.1 Å². The highest BCUT2D eigenvalue weighted by atomic mass is 19.1. The Morgan fingerprint density at radius 1 is 1.17 bits per heavy atom. The third kappa shape index (κ3) is 3.39. The Balaban J connectivity index is 1.72. The van der Waals surface area contributed by atoms with Gasteiger partial charge in [0.15, 0.2) is 0 Å². The van der Waals surface area contributed by atoms with Gasteiger partial charge >= 0.3 is 7.12 Å². The molecule has 6 heteroatoms. The molecular weight excluding hydrogens is 298 g/mol. The van der Waals surface area contributed by atoms with E-state index in [-0.39, 0.29) is 11.9 Å². The molecule has 1 aromatic rings. The fourth-order valence-corrected chi connectivity index (χ4v) is 2.74. The maximum absolute atomic E-state index is 14.5. The maximum Gasteiger partial charge on any atom is 0.497 e. The van der Waals surface area contributed by atoms with Crippen molar-refractivity contribution in [3.8, 4) is 5.75 Å². The number of hydrogen-bond donors (Lipinski definition) is 0. The van der Waals surface area contributed by atoms with E-state index in [1.165, 1.54) is 6.07 Å². The van der Waals surface area contributed by atoms with E-state index in [2.05, 4.69) is 0 Å². The summed E-state index contributed by atoms with van der Waals surface area (Å²) in [6, 6.07) is 4.84. The zero-order valence-corrected chi connectivity index (χ0v) is 14.2. The molecule has 1 atom stereocenters. The zero-order chi connectivity index (χ0) is 16.7. The van der Waals surface area contributed by atoms with Crippen LogP contribution in [-0.2, 0) is 14.0 Å². The molecule has 2 saturated heterocycles. The maximum atomic E-state index is 14.5. The lowest BCUT2D eigenvalue weighted by Crippen LogP contribution is -2.41. The van der Waals surface area contributed by atoms with Crippen molar-refractivity contribution in [2.75, 3.05) is 13.2 Å². The van der Waals surface area contributed by atoms with Crippen LogP contribution in [0.1, 0.15) is 40.5 Å². The van der Waals surface area contributed by atoms with Crippen molar-refractivity contribution in [3.63, 3.8) is 0 Å². The van der Waals surface area contributed by atoms with Gasteiger partial charge in [-0.15, -0.1) is 0 Å². The molecule has 0 spiro atoms. The lowest BCUT2D eigenvalue weighted by molar-refractivity contribution is 0.00578. The molecule has 1 unspecified atom stereocenters. The first-order valence-corrected chi connectivity index (χ1v) is 8.18. The van der Waals surface area contributed by atoms with Gasteiger partial charge in [0.05, 0.1) is 17.8 Å². The minimum atomic E-state index is -0.702. The molecule has 0 aliphatic carbocycles. The summed E-state index contributed by atoms with van der Waals surface area (Å²) in [5.74, 6) is 0.135. The van der Waals surface area contributed by atoms with Crippen molar-refractivity contribution in [3.05, 3.63) is 24.0 Å². The van der Waals surface area contributed by atoms with E-state index in [1.807, 2.05) is 27.7 Å². The van der Waals surface area contributed by atoms with Crippen molar-refractivity contribution in [2.45, 2.75) is 57.8 Å². The molecule has 4 nitrogen and oxygen atoms in total. The van der Waals surface area contributed by atoms with Gasteiger partial charge in [0.2, 0.25) is 0 Å². The fraction of sp³-hybridized carbons (Fsp3) is 0.647. The lowest BCUT2D eigenvalue weighted by Gasteiger charge is -2.32. The van der Waals surface area contributed by atoms with Gasteiger partial charge in [-0.05, 0) is 46.6 Å². The number of ether oxygens (including phenoxy) is 2. The van der Waals surface area contributed by atoms with Crippen molar-refractivity contribution in [1.82, 2.24) is 0 Å². The summed E-state index contributed by atoms with van der Waals surface area (Å²) in [6.45, 7) is 9.13. The first-order valence-electron chi connectivity index (χ1n) is 8.18. The van der Waals surface area contributed by atoms with Crippen LogP contribution in [0.5, 0.6) is 5.75 Å². The summed E-state index contributed by atoms with van der Waals surface area (Å²) in [5.41, 5.74) is -0.576. The molecule has 2 fully saturated rings. The minimum Gasteiger partial charge on any atom is -0.488 e. The van der Waals surface area contributed by atoms with E-state index in [0.717, 1.165) is 19.4 Å². The van der Waals surface area contributed by atoms with Crippen LogP contribution in [0.25, 0.3) is 0 Å². The van der Waals surface area contributed by atoms with Gasteiger partial charge in [-0.2, -0.15) is 0 Å². The Kier molecular flexibility index (Phi) is 4.42. The van der Waals surface area contributed by atoms with Crippen molar-refractivity contribution in [1.29, 1.82) is 0 Å². The normalized spacial score (nSPS) is 26.3. The summed E-state index contributed by atoms with van der Waals surface area (Å²) < 4.78 is 37.4. The standard InChI is InChI=1S/C17H24BFO4/c1-16(2)17(3,4)23-18(22-16)14-8-7-12(10-15(14)19)21-13-6-5-9-20-11-13/h7-8,10,13H,5-6,9,11H2,1-4H3. The van der Waals surface area contributed by atoms with Crippen LogP contribution in [0.4, 0.5) is 4.39 Å². The Morgan fingerprint density at radius 2 is 1.87 bits per heavy atom. The molecule has 0 amide bonds. The smallest absolute Gasteiger partial charge is 0.488 e. The second-order valence-corrected chi connectivity index (χ2v) is 7.23. The molecule has 126 valence electrons. The van der Waals surface area contributed by atoms with Crippen LogP contribution in [-0.4, -0.2) is 37.6 Å². The predicted octanol–water partition coefficient (Wildman–Crippen LogP) is 2.68. The van der Waals surface area contributed by atoms with Gasteiger partial charge in [-0.25, -0.2) is 4.39 Å². The fourth-order valence-electron chi connectivity index (χ4n) is 2.74. The number of halogens is 1. The second-order valence-electron chi connectivity index (χ2n) is 7.23. The molecule has 0 saturated carbocycles. The summed E-state index contributed by atoms with van der Waals surface area (Å²) in [7, 11) is -0.702. The molecule has 3 rings (SSSR count). The van der Waals surface area contributed by atoms with Crippen molar-refractivity contribution in [2.24, 2.45) is 0 Å². The Bertz CT molecular complexity index is 554. The number of rotatable bonds is 3. The van der Waals surface area contributed by atoms with Gasteiger partial charge in [-0.3, -0.25) is 0 Å². The van der Waals surface area contributed by atoms with Crippen LogP contribution in [0.3, 0.4) is 0 Å². The lowest BCUT2D eigenvalue weighted by atomic mass is 9.78. The first kappa shape index (κ1) is 16.7. The second kappa shape index (κ2) is 6.08. The number of hydrogen-bond acceptors (Lipinski definition) is 4. The van der Waals surface area contributed by atoms with Crippen LogP contribution < -0.4 is 10.2 Å². The molecule has 23 heavy (non-hydrogen) atoms. The van der Waals surface area contributed by atoms with Gasteiger partial charge in [0.25, 0.3) is 0 Å². The molecule has 2 aliphatic heterocycles. The minimum absolute atomic E-state index is 0.00847. The van der Waals surface area contributed by atoms with E-state index in [4.69, 9.17) is 18.8 Å². The van der Waals surface area contributed by atoms with Crippen LogP contribution in [0.15, 0.2) is 18.2 Å². The Hall–Kier alpha value is -1.11.